The first-order chi connectivity index (χ1) is 8.05. The summed E-state index contributed by atoms with van der Waals surface area (Å²) in [5.74, 6) is 0.195. The summed E-state index contributed by atoms with van der Waals surface area (Å²) in [4.78, 5) is 2.24. The average molecular weight is 263 g/mol. The molecule has 0 aliphatic carbocycles. The van der Waals surface area contributed by atoms with Crippen LogP contribution in [-0.2, 0) is 10.0 Å². The van der Waals surface area contributed by atoms with Gasteiger partial charge in [-0.25, -0.2) is 13.1 Å². The van der Waals surface area contributed by atoms with Crippen molar-refractivity contribution in [3.8, 4) is 0 Å². The predicted octanol–water partition coefficient (Wildman–Crippen LogP) is 0.129. The smallest absolute Gasteiger partial charge is 0.211 e. The van der Waals surface area contributed by atoms with Gasteiger partial charge in [-0.1, -0.05) is 6.42 Å². The quantitative estimate of drug-likeness (QED) is 0.640. The molecule has 1 atom stereocenters. The third kappa shape index (κ3) is 5.81. The van der Waals surface area contributed by atoms with Gasteiger partial charge in [-0.3, -0.25) is 0 Å². The highest BCUT2D eigenvalue weighted by atomic mass is 32.2. The van der Waals surface area contributed by atoms with E-state index in [0.29, 0.717) is 25.6 Å². The molecule has 5 nitrogen and oxygen atoms in total. The van der Waals surface area contributed by atoms with Crippen molar-refractivity contribution in [2.24, 2.45) is 5.73 Å². The fraction of sp³-hybridized carbons (Fsp3) is 1.00. The van der Waals surface area contributed by atoms with Crippen molar-refractivity contribution in [2.75, 3.05) is 32.4 Å². The van der Waals surface area contributed by atoms with E-state index in [2.05, 4.69) is 16.7 Å². The van der Waals surface area contributed by atoms with Crippen molar-refractivity contribution in [3.05, 3.63) is 0 Å². The fourth-order valence-corrected chi connectivity index (χ4v) is 3.31. The van der Waals surface area contributed by atoms with Crippen molar-refractivity contribution < 1.29 is 8.42 Å². The Morgan fingerprint density at radius 1 is 1.35 bits per heavy atom. The highest BCUT2D eigenvalue weighted by Crippen LogP contribution is 2.14. The zero-order chi connectivity index (χ0) is 12.7. The Morgan fingerprint density at radius 3 is 2.76 bits per heavy atom. The lowest BCUT2D eigenvalue weighted by atomic mass is 10.0. The molecule has 6 heteroatoms. The number of unbranched alkanes of at least 4 members (excludes halogenated alkanes) is 1. The zero-order valence-electron chi connectivity index (χ0n) is 10.7. The molecular weight excluding hydrogens is 238 g/mol. The van der Waals surface area contributed by atoms with Gasteiger partial charge in [-0.05, 0) is 45.8 Å². The van der Waals surface area contributed by atoms with Crippen LogP contribution in [0.4, 0.5) is 0 Å². The van der Waals surface area contributed by atoms with E-state index in [1.807, 2.05) is 0 Å². The Kier molecular flexibility index (Phi) is 6.40. The molecule has 0 saturated carbocycles. The van der Waals surface area contributed by atoms with E-state index in [0.717, 1.165) is 19.4 Å². The molecule has 0 spiro atoms. The van der Waals surface area contributed by atoms with E-state index in [-0.39, 0.29) is 5.75 Å². The second kappa shape index (κ2) is 7.31. The third-order valence-electron chi connectivity index (χ3n) is 3.33. The van der Waals surface area contributed by atoms with Crippen LogP contribution in [-0.4, -0.2) is 51.8 Å². The second-order valence-electron chi connectivity index (χ2n) is 4.79. The summed E-state index contributed by atoms with van der Waals surface area (Å²) >= 11 is 0. The van der Waals surface area contributed by atoms with Gasteiger partial charge in [0.1, 0.15) is 0 Å². The maximum atomic E-state index is 11.7. The third-order valence-corrected chi connectivity index (χ3v) is 4.76. The lowest BCUT2D eigenvalue weighted by Gasteiger charge is -2.32. The van der Waals surface area contributed by atoms with Gasteiger partial charge >= 0.3 is 0 Å². The van der Waals surface area contributed by atoms with E-state index in [9.17, 15) is 8.42 Å². The summed E-state index contributed by atoms with van der Waals surface area (Å²) in [5.41, 5.74) is 5.35. The molecule has 0 aromatic carbocycles. The first kappa shape index (κ1) is 14.9. The van der Waals surface area contributed by atoms with Crippen molar-refractivity contribution in [1.82, 2.24) is 9.62 Å². The van der Waals surface area contributed by atoms with E-state index in [1.54, 1.807) is 0 Å². The van der Waals surface area contributed by atoms with Crippen LogP contribution in [0.5, 0.6) is 0 Å². The monoisotopic (exact) mass is 263 g/mol. The van der Waals surface area contributed by atoms with Gasteiger partial charge in [0.15, 0.2) is 0 Å². The Balaban J connectivity index is 2.28. The van der Waals surface area contributed by atoms with Crippen LogP contribution in [0, 0.1) is 0 Å². The molecule has 102 valence electrons. The van der Waals surface area contributed by atoms with Gasteiger partial charge in [-0.15, -0.1) is 0 Å². The molecule has 1 aliphatic rings. The van der Waals surface area contributed by atoms with E-state index in [4.69, 9.17) is 5.73 Å². The molecule has 1 aliphatic heterocycles. The van der Waals surface area contributed by atoms with Crippen LogP contribution >= 0.6 is 0 Å². The maximum absolute atomic E-state index is 11.7. The van der Waals surface area contributed by atoms with Crippen LogP contribution in [0.1, 0.15) is 32.1 Å². The lowest BCUT2D eigenvalue weighted by molar-refractivity contribution is 0.187. The molecule has 0 aromatic heterocycles. The molecule has 1 saturated heterocycles. The van der Waals surface area contributed by atoms with Gasteiger partial charge in [0, 0.05) is 12.6 Å². The van der Waals surface area contributed by atoms with Gasteiger partial charge < -0.3 is 10.6 Å². The Labute approximate surface area is 105 Å². The van der Waals surface area contributed by atoms with Crippen molar-refractivity contribution >= 4 is 10.0 Å². The minimum absolute atomic E-state index is 0.195. The van der Waals surface area contributed by atoms with E-state index < -0.39 is 10.0 Å². The number of rotatable bonds is 7. The Hall–Kier alpha value is -0.170. The van der Waals surface area contributed by atoms with E-state index >= 15 is 0 Å². The highest BCUT2D eigenvalue weighted by molar-refractivity contribution is 7.89. The first-order valence-electron chi connectivity index (χ1n) is 6.43. The molecule has 3 N–H and O–H groups in total. The summed E-state index contributed by atoms with van der Waals surface area (Å²) in [5, 5.41) is 0. The molecule has 1 unspecified atom stereocenters. The predicted molar refractivity (Wildman–Crippen MR) is 70.3 cm³/mol. The first-order valence-corrected chi connectivity index (χ1v) is 8.08. The fourth-order valence-electron chi connectivity index (χ4n) is 2.13. The molecule has 0 radical (unpaired) electrons. The number of likely N-dealkylation sites (tertiary alicyclic amines) is 1. The second-order valence-corrected chi connectivity index (χ2v) is 6.72. The van der Waals surface area contributed by atoms with Crippen LogP contribution in [0.15, 0.2) is 0 Å². The Morgan fingerprint density at radius 2 is 2.12 bits per heavy atom. The number of nitrogens with one attached hydrogen (secondary N) is 1. The normalized spacial score (nSPS) is 22.8. The number of sulfonamides is 1. The van der Waals surface area contributed by atoms with Gasteiger partial charge in [-0.2, -0.15) is 0 Å². The zero-order valence-corrected chi connectivity index (χ0v) is 11.5. The van der Waals surface area contributed by atoms with Crippen LogP contribution in [0.25, 0.3) is 0 Å². The highest BCUT2D eigenvalue weighted by Gasteiger charge is 2.20. The summed E-state index contributed by atoms with van der Waals surface area (Å²) in [7, 11) is -1.05. The number of hydrogen-bond donors (Lipinski definition) is 2. The Bertz CT molecular complexity index is 306. The molecule has 0 bridgehead atoms. The van der Waals surface area contributed by atoms with Crippen LogP contribution < -0.4 is 10.5 Å². The molecule has 1 fully saturated rings. The van der Waals surface area contributed by atoms with Crippen molar-refractivity contribution in [2.45, 2.75) is 38.1 Å². The largest absolute Gasteiger partial charge is 0.330 e. The summed E-state index contributed by atoms with van der Waals surface area (Å²) in [6.07, 6.45) is 4.92. The summed E-state index contributed by atoms with van der Waals surface area (Å²) in [6.45, 7) is 2.17. The topological polar surface area (TPSA) is 75.4 Å². The van der Waals surface area contributed by atoms with Gasteiger partial charge in [0.05, 0.1) is 5.75 Å². The van der Waals surface area contributed by atoms with Crippen molar-refractivity contribution in [3.63, 3.8) is 0 Å². The summed E-state index contributed by atoms with van der Waals surface area (Å²) < 4.78 is 26.1. The molecule has 17 heavy (non-hydrogen) atoms. The maximum Gasteiger partial charge on any atom is 0.211 e. The molecule has 1 rings (SSSR count). The number of likely N-dealkylation sites (N-methyl/N-ethyl adjacent to an activating group) is 1. The SMILES string of the molecule is CN1CCCCC1CNS(=O)(=O)CCCCN. The van der Waals surface area contributed by atoms with Crippen LogP contribution in [0.2, 0.25) is 0 Å². The van der Waals surface area contributed by atoms with Gasteiger partial charge in [0.2, 0.25) is 10.0 Å². The lowest BCUT2D eigenvalue weighted by Crippen LogP contribution is -2.44. The summed E-state index contributed by atoms with van der Waals surface area (Å²) in [6, 6.07) is 0.355. The number of nitrogens with two attached hydrogens (primary N) is 1. The van der Waals surface area contributed by atoms with Crippen LogP contribution in [0.3, 0.4) is 0 Å². The minimum atomic E-state index is -3.11. The standard InChI is InChI=1S/C11H25N3O2S/c1-14-8-4-2-6-11(14)10-13-17(15,16)9-5-3-7-12/h11,13H,2-10,12H2,1H3. The van der Waals surface area contributed by atoms with Crippen molar-refractivity contribution in [1.29, 1.82) is 0 Å². The molecule has 0 amide bonds. The average Bonchev–Trinajstić information content (AvgIpc) is 2.28. The molecular formula is C11H25N3O2S. The van der Waals surface area contributed by atoms with Gasteiger partial charge in [0.25, 0.3) is 0 Å². The number of piperidine rings is 1. The number of nitrogens with zero attached hydrogens (tertiary/aromatic N) is 1. The molecule has 1 heterocycles. The number of hydrogen-bond acceptors (Lipinski definition) is 4. The van der Waals surface area contributed by atoms with E-state index in [1.165, 1.54) is 12.8 Å². The minimum Gasteiger partial charge on any atom is -0.330 e. The molecule has 0 aromatic rings.